The van der Waals surface area contributed by atoms with Gasteiger partial charge in [0.1, 0.15) is 6.61 Å². The Morgan fingerprint density at radius 2 is 1.19 bits per heavy atom. The van der Waals surface area contributed by atoms with Crippen LogP contribution in [0.3, 0.4) is 0 Å². The average Bonchev–Trinajstić information content (AvgIpc) is 2.50. The molecule has 0 rings (SSSR count). The highest BCUT2D eigenvalue weighted by atomic mass is 16.2. The van der Waals surface area contributed by atoms with Gasteiger partial charge in [-0.1, -0.05) is 82.8 Å². The molecule has 0 unspecified atom stereocenters. The average molecular weight is 293 g/mol. The molecule has 0 aromatic carbocycles. The molecule has 0 saturated heterocycles. The predicted molar refractivity (Wildman–Crippen MR) is 94.3 cm³/mol. The largest absolute Gasteiger partial charge is 0.384 e. The van der Waals surface area contributed by atoms with Crippen molar-refractivity contribution in [2.24, 2.45) is 0 Å². The van der Waals surface area contributed by atoms with Gasteiger partial charge in [0.25, 0.3) is 0 Å². The highest BCUT2D eigenvalue weighted by Crippen LogP contribution is 2.11. The second-order valence-electron chi connectivity index (χ2n) is 5.85. The van der Waals surface area contributed by atoms with Crippen LogP contribution in [0.25, 0.3) is 0 Å². The predicted octanol–water partition coefficient (Wildman–Crippen LogP) is 6.02. The second kappa shape index (κ2) is 19.3. The minimum Gasteiger partial charge on any atom is -0.384 e. The normalized spacial score (nSPS) is 10.8. The van der Waals surface area contributed by atoms with Crippen molar-refractivity contribution in [1.29, 1.82) is 0 Å². The van der Waals surface area contributed by atoms with Gasteiger partial charge in [0.2, 0.25) is 0 Å². The van der Waals surface area contributed by atoms with E-state index >= 15 is 0 Å². The van der Waals surface area contributed by atoms with Gasteiger partial charge in [-0.2, -0.15) is 0 Å². The fraction of sp³-hybridized carbons (Fsp3) is 0.800. The molecule has 0 bridgehead atoms. The third-order valence-corrected chi connectivity index (χ3v) is 3.77. The van der Waals surface area contributed by atoms with E-state index in [9.17, 15) is 0 Å². The zero-order valence-corrected chi connectivity index (χ0v) is 14.2. The highest BCUT2D eigenvalue weighted by Gasteiger charge is 1.92. The summed E-state index contributed by atoms with van der Waals surface area (Å²) in [6.45, 7) is 2.26. The number of hydrogen-bond acceptors (Lipinski definition) is 1. The van der Waals surface area contributed by atoms with E-state index < -0.39 is 0 Å². The smallest absolute Gasteiger partial charge is 0.104 e. The first kappa shape index (κ1) is 20.3. The molecule has 0 aromatic heterocycles. The Kier molecular flexibility index (Phi) is 18.6. The van der Waals surface area contributed by atoms with Crippen LogP contribution in [0.4, 0.5) is 0 Å². The van der Waals surface area contributed by atoms with Crippen molar-refractivity contribution in [2.45, 2.75) is 96.8 Å². The van der Waals surface area contributed by atoms with E-state index in [2.05, 4.69) is 30.9 Å². The SMILES string of the molecule is CCCC/C=C\CCCCCCCCCCCC#CCO. The van der Waals surface area contributed by atoms with Crippen LogP contribution in [0.15, 0.2) is 12.2 Å². The monoisotopic (exact) mass is 292 g/mol. The van der Waals surface area contributed by atoms with Gasteiger partial charge in [-0.25, -0.2) is 0 Å². The molecular formula is C20H36O. The number of allylic oxidation sites excluding steroid dienone is 2. The van der Waals surface area contributed by atoms with Gasteiger partial charge in [0.05, 0.1) is 0 Å². The summed E-state index contributed by atoms with van der Waals surface area (Å²) in [6.07, 6.45) is 23.1. The topological polar surface area (TPSA) is 20.2 Å². The molecule has 0 spiro atoms. The minimum absolute atomic E-state index is 0.00846. The molecule has 0 aliphatic heterocycles. The number of aliphatic hydroxyl groups is 1. The van der Waals surface area contributed by atoms with Gasteiger partial charge in [-0.15, -0.1) is 5.92 Å². The number of aliphatic hydroxyl groups excluding tert-OH is 1. The van der Waals surface area contributed by atoms with Crippen LogP contribution in [-0.4, -0.2) is 11.7 Å². The molecule has 1 heteroatoms. The van der Waals surface area contributed by atoms with E-state index in [4.69, 9.17) is 5.11 Å². The van der Waals surface area contributed by atoms with Gasteiger partial charge in [0.15, 0.2) is 0 Å². The maximum absolute atomic E-state index is 8.51. The molecule has 122 valence electrons. The molecule has 0 aliphatic rings. The Labute approximate surface area is 133 Å². The van der Waals surface area contributed by atoms with Crippen LogP contribution < -0.4 is 0 Å². The molecule has 1 N–H and O–H groups in total. The van der Waals surface area contributed by atoms with Crippen molar-refractivity contribution in [2.75, 3.05) is 6.61 Å². The van der Waals surface area contributed by atoms with Crippen molar-refractivity contribution >= 4 is 0 Å². The van der Waals surface area contributed by atoms with E-state index in [0.717, 1.165) is 6.42 Å². The summed E-state index contributed by atoms with van der Waals surface area (Å²) in [6, 6.07) is 0. The molecule has 0 heterocycles. The summed E-state index contributed by atoms with van der Waals surface area (Å²) in [7, 11) is 0. The first-order chi connectivity index (χ1) is 10.4. The summed E-state index contributed by atoms with van der Waals surface area (Å²) < 4.78 is 0. The molecule has 21 heavy (non-hydrogen) atoms. The zero-order chi connectivity index (χ0) is 15.4. The van der Waals surface area contributed by atoms with Crippen LogP contribution in [0.1, 0.15) is 96.8 Å². The second-order valence-corrected chi connectivity index (χ2v) is 5.85. The summed E-state index contributed by atoms with van der Waals surface area (Å²) in [5, 5.41) is 8.51. The number of unbranched alkanes of at least 4 members (excludes halogenated alkanes) is 12. The summed E-state index contributed by atoms with van der Waals surface area (Å²) in [4.78, 5) is 0. The maximum atomic E-state index is 8.51. The van der Waals surface area contributed by atoms with Crippen LogP contribution in [0, 0.1) is 11.8 Å². The van der Waals surface area contributed by atoms with Crippen molar-refractivity contribution < 1.29 is 5.11 Å². The first-order valence-electron chi connectivity index (χ1n) is 9.13. The van der Waals surface area contributed by atoms with Crippen molar-refractivity contribution in [3.63, 3.8) is 0 Å². The molecule has 0 amide bonds. The number of hydrogen-bond donors (Lipinski definition) is 1. The maximum Gasteiger partial charge on any atom is 0.104 e. The molecule has 0 radical (unpaired) electrons. The Balaban J connectivity index is 3.04. The fourth-order valence-corrected chi connectivity index (χ4v) is 2.41. The zero-order valence-electron chi connectivity index (χ0n) is 14.2. The summed E-state index contributed by atoms with van der Waals surface area (Å²) >= 11 is 0. The van der Waals surface area contributed by atoms with Gasteiger partial charge in [-0.3, -0.25) is 0 Å². The molecule has 1 nitrogen and oxygen atoms in total. The Morgan fingerprint density at radius 1 is 0.667 bits per heavy atom. The van der Waals surface area contributed by atoms with Crippen molar-refractivity contribution in [3.05, 3.63) is 12.2 Å². The summed E-state index contributed by atoms with van der Waals surface area (Å²) in [5.74, 6) is 5.67. The van der Waals surface area contributed by atoms with Gasteiger partial charge < -0.3 is 5.11 Å². The standard InChI is InChI=1S/C20H36O/c1-2-3-4-5-6-7-8-9-10-11-12-13-14-15-16-17-18-19-20-21/h5-6,21H,2-4,7-17,20H2,1H3/b6-5-. The lowest BCUT2D eigenvalue weighted by Crippen LogP contribution is -1.82. The van der Waals surface area contributed by atoms with Crippen molar-refractivity contribution in [3.8, 4) is 11.8 Å². The van der Waals surface area contributed by atoms with Crippen LogP contribution in [-0.2, 0) is 0 Å². The molecule has 0 aromatic rings. The molecule has 0 aliphatic carbocycles. The van der Waals surface area contributed by atoms with Crippen molar-refractivity contribution in [1.82, 2.24) is 0 Å². The Bertz CT molecular complexity index is 269. The molecule has 0 fully saturated rings. The van der Waals surface area contributed by atoms with Gasteiger partial charge in [-0.05, 0) is 25.7 Å². The Morgan fingerprint density at radius 3 is 1.76 bits per heavy atom. The van der Waals surface area contributed by atoms with Crippen LogP contribution in [0.5, 0.6) is 0 Å². The Hall–Kier alpha value is -0.740. The van der Waals surface area contributed by atoms with Crippen LogP contribution in [0.2, 0.25) is 0 Å². The molecular weight excluding hydrogens is 256 g/mol. The first-order valence-corrected chi connectivity index (χ1v) is 9.13. The van der Waals surface area contributed by atoms with E-state index in [1.165, 1.54) is 83.5 Å². The van der Waals surface area contributed by atoms with E-state index in [0.29, 0.717) is 0 Å². The third-order valence-electron chi connectivity index (χ3n) is 3.77. The molecule has 0 saturated carbocycles. The lowest BCUT2D eigenvalue weighted by Gasteiger charge is -2.01. The third kappa shape index (κ3) is 19.3. The lowest BCUT2D eigenvalue weighted by molar-refractivity contribution is 0.350. The van der Waals surface area contributed by atoms with Gasteiger partial charge >= 0.3 is 0 Å². The van der Waals surface area contributed by atoms with E-state index in [1.54, 1.807) is 0 Å². The highest BCUT2D eigenvalue weighted by molar-refractivity contribution is 4.98. The molecule has 0 atom stereocenters. The summed E-state index contributed by atoms with van der Waals surface area (Å²) in [5.41, 5.74) is 0. The van der Waals surface area contributed by atoms with E-state index in [-0.39, 0.29) is 6.61 Å². The minimum atomic E-state index is 0.00846. The number of rotatable bonds is 14. The fourth-order valence-electron chi connectivity index (χ4n) is 2.41. The van der Waals surface area contributed by atoms with Crippen LogP contribution >= 0.6 is 0 Å². The quantitative estimate of drug-likeness (QED) is 0.236. The van der Waals surface area contributed by atoms with Gasteiger partial charge in [0, 0.05) is 6.42 Å². The van der Waals surface area contributed by atoms with E-state index in [1.807, 2.05) is 0 Å². The lowest BCUT2D eigenvalue weighted by atomic mass is 10.1.